The van der Waals surface area contributed by atoms with Gasteiger partial charge in [-0.05, 0) is 55.4 Å². The van der Waals surface area contributed by atoms with Gasteiger partial charge in [0.2, 0.25) is 10.0 Å². The quantitative estimate of drug-likeness (QED) is 0.218. The van der Waals surface area contributed by atoms with E-state index in [0.29, 0.717) is 24.5 Å². The Kier molecular flexibility index (Phi) is 12.4. The third-order valence-electron chi connectivity index (χ3n) is 4.60. The molecule has 0 radical (unpaired) electrons. The number of thioether (sulfide) groups is 1. The van der Waals surface area contributed by atoms with Crippen LogP contribution in [0, 0.1) is 0 Å². The van der Waals surface area contributed by atoms with Crippen LogP contribution < -0.4 is 10.6 Å². The molecular formula is C19H33IN4O2S2. The highest BCUT2D eigenvalue weighted by molar-refractivity contribution is 14.0. The Morgan fingerprint density at radius 3 is 2.61 bits per heavy atom. The van der Waals surface area contributed by atoms with Crippen LogP contribution in [0.2, 0.25) is 0 Å². The fourth-order valence-corrected chi connectivity index (χ4v) is 5.14. The van der Waals surface area contributed by atoms with Gasteiger partial charge in [-0.15, -0.1) is 24.0 Å². The molecule has 2 N–H and O–H groups in total. The summed E-state index contributed by atoms with van der Waals surface area (Å²) in [5.74, 6) is 1.91. The molecule has 28 heavy (non-hydrogen) atoms. The van der Waals surface area contributed by atoms with E-state index >= 15 is 0 Å². The summed E-state index contributed by atoms with van der Waals surface area (Å²) in [6, 6.07) is 7.20. The van der Waals surface area contributed by atoms with E-state index in [0.717, 1.165) is 43.8 Å². The van der Waals surface area contributed by atoms with Crippen molar-refractivity contribution in [2.45, 2.75) is 43.5 Å². The first-order chi connectivity index (χ1) is 13.1. The van der Waals surface area contributed by atoms with E-state index in [1.807, 2.05) is 23.9 Å². The Labute approximate surface area is 191 Å². The molecule has 1 saturated heterocycles. The van der Waals surface area contributed by atoms with E-state index in [2.05, 4.69) is 21.9 Å². The maximum absolute atomic E-state index is 12.8. The lowest BCUT2D eigenvalue weighted by Crippen LogP contribution is -2.37. The number of guanidine groups is 1. The molecule has 160 valence electrons. The Bertz CT molecular complexity index is 708. The van der Waals surface area contributed by atoms with Gasteiger partial charge in [0.15, 0.2) is 5.96 Å². The lowest BCUT2D eigenvalue weighted by molar-refractivity contribution is 0.346. The topological polar surface area (TPSA) is 73.8 Å². The minimum atomic E-state index is -3.39. The summed E-state index contributed by atoms with van der Waals surface area (Å²) < 4.78 is 27.3. The Morgan fingerprint density at radius 1 is 1.18 bits per heavy atom. The van der Waals surface area contributed by atoms with Crippen molar-refractivity contribution >= 4 is 51.7 Å². The Balaban J connectivity index is 0.00000392. The van der Waals surface area contributed by atoms with Crippen molar-refractivity contribution in [1.82, 2.24) is 14.9 Å². The predicted molar refractivity (Wildman–Crippen MR) is 130 cm³/mol. The molecule has 0 aliphatic carbocycles. The van der Waals surface area contributed by atoms with Gasteiger partial charge in [0.05, 0.1) is 4.90 Å². The van der Waals surface area contributed by atoms with Gasteiger partial charge < -0.3 is 10.6 Å². The van der Waals surface area contributed by atoms with E-state index in [-0.39, 0.29) is 24.0 Å². The first kappa shape index (κ1) is 25.5. The van der Waals surface area contributed by atoms with Crippen molar-refractivity contribution < 1.29 is 8.42 Å². The first-order valence-corrected chi connectivity index (χ1v) is 12.4. The summed E-state index contributed by atoms with van der Waals surface area (Å²) in [6.45, 7) is 2.66. The monoisotopic (exact) mass is 540 g/mol. The van der Waals surface area contributed by atoms with Crippen LogP contribution in [0.1, 0.15) is 37.7 Å². The summed E-state index contributed by atoms with van der Waals surface area (Å²) in [5.41, 5.74) is 0.929. The second kappa shape index (κ2) is 13.7. The molecule has 0 saturated carbocycles. The highest BCUT2D eigenvalue weighted by Crippen LogP contribution is 2.21. The molecule has 1 aromatic rings. The average Bonchev–Trinajstić information content (AvgIpc) is 2.71. The number of halogens is 1. The van der Waals surface area contributed by atoms with E-state index < -0.39 is 10.0 Å². The van der Waals surface area contributed by atoms with Gasteiger partial charge in [0, 0.05) is 33.2 Å². The standard InChI is InChI=1S/C19H32N4O2S2.HI/c1-20-19(21-11-4-7-14-26-2)22-16-17-9-8-10-18(15-17)27(24,25)23-12-5-3-6-13-23;/h8-10,15H,3-7,11-14,16H2,1-2H3,(H2,20,21,22);1H. The van der Waals surface area contributed by atoms with Gasteiger partial charge in [-0.25, -0.2) is 8.42 Å². The molecule has 0 aromatic heterocycles. The van der Waals surface area contributed by atoms with Crippen LogP contribution in [-0.2, 0) is 16.6 Å². The van der Waals surface area contributed by atoms with Crippen molar-refractivity contribution in [3.8, 4) is 0 Å². The number of hydrogen-bond acceptors (Lipinski definition) is 4. The van der Waals surface area contributed by atoms with Crippen LogP contribution in [0.4, 0.5) is 0 Å². The number of nitrogens with zero attached hydrogens (tertiary/aromatic N) is 2. The fraction of sp³-hybridized carbons (Fsp3) is 0.632. The summed E-state index contributed by atoms with van der Waals surface area (Å²) in [6.07, 6.45) is 7.40. The largest absolute Gasteiger partial charge is 0.356 e. The van der Waals surface area contributed by atoms with Crippen LogP contribution in [-0.4, -0.2) is 57.4 Å². The summed E-state index contributed by atoms with van der Waals surface area (Å²) in [4.78, 5) is 4.61. The second-order valence-electron chi connectivity index (χ2n) is 6.66. The number of sulfonamides is 1. The third-order valence-corrected chi connectivity index (χ3v) is 7.19. The predicted octanol–water partition coefficient (Wildman–Crippen LogP) is 3.29. The van der Waals surface area contributed by atoms with Crippen molar-refractivity contribution in [3.05, 3.63) is 29.8 Å². The van der Waals surface area contributed by atoms with Gasteiger partial charge in [0.25, 0.3) is 0 Å². The molecule has 9 heteroatoms. The van der Waals surface area contributed by atoms with Crippen molar-refractivity contribution in [3.63, 3.8) is 0 Å². The van der Waals surface area contributed by atoms with E-state index in [4.69, 9.17) is 0 Å². The smallest absolute Gasteiger partial charge is 0.243 e. The molecular weight excluding hydrogens is 507 g/mol. The molecule has 0 unspecified atom stereocenters. The average molecular weight is 541 g/mol. The molecule has 0 spiro atoms. The number of benzene rings is 1. The van der Waals surface area contributed by atoms with Crippen molar-refractivity contribution in [2.24, 2.45) is 4.99 Å². The second-order valence-corrected chi connectivity index (χ2v) is 9.59. The van der Waals surface area contributed by atoms with Crippen LogP contribution in [0.5, 0.6) is 0 Å². The van der Waals surface area contributed by atoms with Crippen LogP contribution in [0.3, 0.4) is 0 Å². The highest BCUT2D eigenvalue weighted by Gasteiger charge is 2.25. The fourth-order valence-electron chi connectivity index (χ4n) is 3.05. The Hall–Kier alpha value is -0.520. The third kappa shape index (κ3) is 8.08. The number of aliphatic imine (C=N–C) groups is 1. The molecule has 6 nitrogen and oxygen atoms in total. The molecule has 0 atom stereocenters. The van der Waals surface area contributed by atoms with Crippen molar-refractivity contribution in [2.75, 3.05) is 38.7 Å². The normalized spacial score (nSPS) is 15.7. The summed E-state index contributed by atoms with van der Waals surface area (Å²) in [5, 5.41) is 6.56. The van der Waals surface area contributed by atoms with E-state index in [9.17, 15) is 8.42 Å². The minimum Gasteiger partial charge on any atom is -0.356 e. The molecule has 0 amide bonds. The maximum atomic E-state index is 12.8. The molecule has 0 bridgehead atoms. The zero-order valence-electron chi connectivity index (χ0n) is 16.8. The van der Waals surface area contributed by atoms with E-state index in [1.54, 1.807) is 23.5 Å². The zero-order chi connectivity index (χ0) is 19.5. The number of hydrogen-bond donors (Lipinski definition) is 2. The number of rotatable bonds is 9. The molecule has 1 aliphatic heterocycles. The Morgan fingerprint density at radius 2 is 1.93 bits per heavy atom. The lowest BCUT2D eigenvalue weighted by Gasteiger charge is -2.26. The highest BCUT2D eigenvalue weighted by atomic mass is 127. The zero-order valence-corrected chi connectivity index (χ0v) is 20.8. The van der Waals surface area contributed by atoms with Crippen LogP contribution in [0.15, 0.2) is 34.2 Å². The molecule has 1 aliphatic rings. The van der Waals surface area contributed by atoms with Crippen LogP contribution >= 0.6 is 35.7 Å². The molecule has 1 heterocycles. The van der Waals surface area contributed by atoms with Crippen molar-refractivity contribution in [1.29, 1.82) is 0 Å². The number of nitrogens with one attached hydrogen (secondary N) is 2. The van der Waals surface area contributed by atoms with E-state index in [1.165, 1.54) is 12.2 Å². The first-order valence-electron chi connectivity index (χ1n) is 9.60. The van der Waals surface area contributed by atoms with Gasteiger partial charge in [-0.3, -0.25) is 4.99 Å². The molecule has 2 rings (SSSR count). The minimum absolute atomic E-state index is 0. The molecule has 1 fully saturated rings. The lowest BCUT2D eigenvalue weighted by atomic mass is 10.2. The van der Waals surface area contributed by atoms with Gasteiger partial charge >= 0.3 is 0 Å². The van der Waals surface area contributed by atoms with Gasteiger partial charge in [-0.1, -0.05) is 18.6 Å². The van der Waals surface area contributed by atoms with Gasteiger partial charge in [-0.2, -0.15) is 16.1 Å². The SMILES string of the molecule is CN=C(NCCCCSC)NCc1cccc(S(=O)(=O)N2CCCCC2)c1.I. The molecule has 1 aromatic carbocycles. The summed E-state index contributed by atoms with van der Waals surface area (Å²) >= 11 is 1.86. The number of unbranched alkanes of at least 4 members (excludes halogenated alkanes) is 1. The number of piperidine rings is 1. The van der Waals surface area contributed by atoms with Gasteiger partial charge in [0.1, 0.15) is 0 Å². The summed E-state index contributed by atoms with van der Waals surface area (Å²) in [7, 11) is -1.65. The maximum Gasteiger partial charge on any atom is 0.243 e. The van der Waals surface area contributed by atoms with Crippen LogP contribution in [0.25, 0.3) is 0 Å².